The molecule has 2 aliphatic rings. The van der Waals surface area contributed by atoms with Crippen LogP contribution in [0.1, 0.15) is 42.5 Å². The summed E-state index contributed by atoms with van der Waals surface area (Å²) in [5.74, 6) is -1.45. The molecule has 2 amide bonds. The molecule has 1 saturated heterocycles. The molecule has 2 heterocycles. The lowest BCUT2D eigenvalue weighted by Gasteiger charge is -2.29. The Morgan fingerprint density at radius 3 is 2.52 bits per heavy atom. The summed E-state index contributed by atoms with van der Waals surface area (Å²) < 4.78 is 39.0. The van der Waals surface area contributed by atoms with E-state index < -0.39 is 29.8 Å². The third-order valence-electron chi connectivity index (χ3n) is 5.16. The van der Waals surface area contributed by atoms with Crippen molar-refractivity contribution in [1.82, 2.24) is 9.80 Å². The molecule has 3 rings (SSSR count). The highest BCUT2D eigenvalue weighted by Gasteiger charge is 2.57. The minimum Gasteiger partial charge on any atom is -0.465 e. The Balaban J connectivity index is 1.94. The van der Waals surface area contributed by atoms with Crippen molar-refractivity contribution in [2.45, 2.75) is 50.7 Å². The van der Waals surface area contributed by atoms with Gasteiger partial charge in [0.1, 0.15) is 0 Å². The average molecular weight is 407 g/mol. The molecular weight excluding hydrogens is 389 g/mol. The van der Waals surface area contributed by atoms with Crippen molar-refractivity contribution in [2.75, 3.05) is 6.54 Å². The maximum Gasteiger partial charge on any atom is 0.426 e. The van der Waals surface area contributed by atoms with Gasteiger partial charge in [-0.3, -0.25) is 4.79 Å². The van der Waals surface area contributed by atoms with Crippen molar-refractivity contribution in [1.29, 1.82) is 0 Å². The molecule has 0 unspecified atom stereocenters. The summed E-state index contributed by atoms with van der Waals surface area (Å²) >= 11 is 6.13. The third kappa shape index (κ3) is 3.34. The maximum atomic E-state index is 13.0. The second-order valence-corrected chi connectivity index (χ2v) is 7.43. The van der Waals surface area contributed by atoms with E-state index in [0.717, 1.165) is 4.90 Å². The van der Waals surface area contributed by atoms with Crippen molar-refractivity contribution >= 4 is 23.6 Å². The molecule has 148 valence electrons. The van der Waals surface area contributed by atoms with Gasteiger partial charge in [-0.2, -0.15) is 13.2 Å². The minimum atomic E-state index is -5.11. The van der Waals surface area contributed by atoms with Crippen molar-refractivity contribution in [3.05, 3.63) is 33.8 Å². The van der Waals surface area contributed by atoms with Crippen LogP contribution in [-0.2, 0) is 17.9 Å². The Morgan fingerprint density at radius 2 is 1.93 bits per heavy atom. The fourth-order valence-corrected chi connectivity index (χ4v) is 3.94. The number of aliphatic hydroxyl groups is 1. The smallest absolute Gasteiger partial charge is 0.426 e. The van der Waals surface area contributed by atoms with E-state index in [1.165, 1.54) is 4.90 Å². The number of hydrogen-bond donors (Lipinski definition) is 2. The summed E-state index contributed by atoms with van der Waals surface area (Å²) in [6, 6.07) is 2.69. The van der Waals surface area contributed by atoms with Gasteiger partial charge in [0.15, 0.2) is 0 Å². The number of carbonyl (C=O) groups is 2. The number of carboxylic acid groups (broad SMARTS) is 1. The van der Waals surface area contributed by atoms with Gasteiger partial charge < -0.3 is 20.0 Å². The molecule has 1 aromatic carbocycles. The Bertz CT molecular complexity index is 797. The van der Waals surface area contributed by atoms with Crippen molar-refractivity contribution in [3.63, 3.8) is 0 Å². The fourth-order valence-electron chi connectivity index (χ4n) is 3.69. The molecular formula is C17H18ClF3N2O4. The Morgan fingerprint density at radius 1 is 1.26 bits per heavy atom. The van der Waals surface area contributed by atoms with E-state index in [0.29, 0.717) is 48.0 Å². The van der Waals surface area contributed by atoms with Gasteiger partial charge in [0.25, 0.3) is 5.91 Å². The molecule has 0 saturated carbocycles. The molecule has 10 heteroatoms. The maximum absolute atomic E-state index is 13.0. The lowest BCUT2D eigenvalue weighted by molar-refractivity contribution is -0.250. The normalized spacial score (nSPS) is 21.9. The van der Waals surface area contributed by atoms with Gasteiger partial charge in [0, 0.05) is 24.7 Å². The first-order valence-corrected chi connectivity index (χ1v) is 8.70. The third-order valence-corrected chi connectivity index (χ3v) is 5.38. The largest absolute Gasteiger partial charge is 0.465 e. The van der Waals surface area contributed by atoms with E-state index in [2.05, 4.69) is 0 Å². The molecule has 2 aliphatic heterocycles. The molecule has 1 fully saturated rings. The first-order valence-electron chi connectivity index (χ1n) is 8.32. The van der Waals surface area contributed by atoms with E-state index in [4.69, 9.17) is 11.6 Å². The number of hydrogen-bond acceptors (Lipinski definition) is 3. The highest BCUT2D eigenvalue weighted by Crippen LogP contribution is 2.41. The minimum absolute atomic E-state index is 0.131. The molecule has 0 radical (unpaired) electrons. The van der Waals surface area contributed by atoms with Crippen LogP contribution in [0.5, 0.6) is 0 Å². The summed E-state index contributed by atoms with van der Waals surface area (Å²) in [4.78, 5) is 25.9. The highest BCUT2D eigenvalue weighted by molar-refractivity contribution is 6.30. The van der Waals surface area contributed by atoms with Crippen LogP contribution in [0.15, 0.2) is 12.1 Å². The molecule has 2 atom stereocenters. The topological polar surface area (TPSA) is 81.1 Å². The summed E-state index contributed by atoms with van der Waals surface area (Å²) in [5.41, 5.74) is -1.76. The van der Waals surface area contributed by atoms with E-state index in [1.54, 1.807) is 12.1 Å². The highest BCUT2D eigenvalue weighted by atomic mass is 35.5. The number of carbonyl (C=O) groups excluding carboxylic acids is 1. The van der Waals surface area contributed by atoms with Crippen LogP contribution < -0.4 is 0 Å². The molecule has 27 heavy (non-hydrogen) atoms. The van der Waals surface area contributed by atoms with Gasteiger partial charge in [-0.15, -0.1) is 0 Å². The predicted molar refractivity (Wildman–Crippen MR) is 89.1 cm³/mol. The standard InChI is InChI=1S/C17H18ClF3N2O4/c1-16(27,17(19,20)21)14(24)22-7-9-5-10(18)6-11(12(9)8-22)13-3-2-4-23(13)15(25)26/h5-6,13,27H,2-4,7-8H2,1H3,(H,25,26)/t13-,16+/m0/s1. The lowest BCUT2D eigenvalue weighted by Crippen LogP contribution is -2.54. The van der Waals surface area contributed by atoms with E-state index in [-0.39, 0.29) is 13.1 Å². The Labute approximate surface area is 158 Å². The van der Waals surface area contributed by atoms with E-state index >= 15 is 0 Å². The van der Waals surface area contributed by atoms with Crippen LogP contribution in [0.25, 0.3) is 0 Å². The second kappa shape index (κ2) is 6.56. The molecule has 2 N–H and O–H groups in total. The van der Waals surface area contributed by atoms with Crippen LogP contribution >= 0.6 is 11.6 Å². The van der Waals surface area contributed by atoms with Crippen molar-refractivity contribution in [3.8, 4) is 0 Å². The molecule has 0 spiro atoms. The zero-order valence-corrected chi connectivity index (χ0v) is 15.1. The molecule has 1 aromatic rings. The number of benzene rings is 1. The van der Waals surface area contributed by atoms with Crippen LogP contribution in [0, 0.1) is 0 Å². The van der Waals surface area contributed by atoms with E-state index in [1.807, 2.05) is 0 Å². The van der Waals surface area contributed by atoms with Gasteiger partial charge in [0.2, 0.25) is 5.60 Å². The van der Waals surface area contributed by atoms with Gasteiger partial charge in [-0.1, -0.05) is 11.6 Å². The van der Waals surface area contributed by atoms with Crippen molar-refractivity contribution in [2.24, 2.45) is 0 Å². The number of likely N-dealkylation sites (tertiary alicyclic amines) is 1. The SMILES string of the molecule is C[C@@](O)(C(=O)N1Cc2cc(Cl)cc([C@@H]3CCCN3C(=O)O)c2C1)C(F)(F)F. The zero-order chi connectivity index (χ0) is 20.1. The summed E-state index contributed by atoms with van der Waals surface area (Å²) in [6.07, 6.45) is -4.97. The number of halogens is 4. The monoisotopic (exact) mass is 406 g/mol. The van der Waals surface area contributed by atoms with Gasteiger partial charge in [-0.25, -0.2) is 4.79 Å². The number of amides is 2. The lowest BCUT2D eigenvalue weighted by atomic mass is 9.96. The number of nitrogens with zero attached hydrogens (tertiary/aromatic N) is 2. The van der Waals surface area contributed by atoms with Crippen LogP contribution in [0.4, 0.5) is 18.0 Å². The number of alkyl halides is 3. The Hall–Kier alpha value is -2.00. The first-order chi connectivity index (χ1) is 12.4. The second-order valence-electron chi connectivity index (χ2n) is 7.00. The first kappa shape index (κ1) is 19.8. The fraction of sp³-hybridized carbons (Fsp3) is 0.529. The number of fused-ring (bicyclic) bond motifs is 1. The number of rotatable bonds is 2. The van der Waals surface area contributed by atoms with E-state index in [9.17, 15) is 33.0 Å². The molecule has 6 nitrogen and oxygen atoms in total. The molecule has 0 bridgehead atoms. The van der Waals surface area contributed by atoms with Crippen LogP contribution in [-0.4, -0.2) is 50.3 Å². The molecule has 0 aromatic heterocycles. The summed E-state index contributed by atoms with van der Waals surface area (Å²) in [6.45, 7) is 0.507. The predicted octanol–water partition coefficient (Wildman–Crippen LogP) is 3.31. The van der Waals surface area contributed by atoms with Crippen LogP contribution in [0.3, 0.4) is 0 Å². The van der Waals surface area contributed by atoms with Gasteiger partial charge in [-0.05, 0) is 48.6 Å². The van der Waals surface area contributed by atoms with Crippen LogP contribution in [0.2, 0.25) is 5.02 Å². The summed E-state index contributed by atoms with van der Waals surface area (Å²) in [7, 11) is 0. The average Bonchev–Trinajstić information content (AvgIpc) is 3.18. The quantitative estimate of drug-likeness (QED) is 0.789. The Kier molecular flexibility index (Phi) is 4.80. The van der Waals surface area contributed by atoms with Gasteiger partial charge in [0.05, 0.1) is 6.04 Å². The van der Waals surface area contributed by atoms with Gasteiger partial charge >= 0.3 is 12.3 Å². The zero-order valence-electron chi connectivity index (χ0n) is 14.4. The summed E-state index contributed by atoms with van der Waals surface area (Å²) in [5, 5.41) is 19.4. The van der Waals surface area contributed by atoms with Crippen molar-refractivity contribution < 1.29 is 33.0 Å². The molecule has 0 aliphatic carbocycles.